The van der Waals surface area contributed by atoms with Crippen LogP contribution in [0.4, 0.5) is 5.69 Å². The minimum absolute atomic E-state index is 0.0359. The van der Waals surface area contributed by atoms with Crippen molar-refractivity contribution in [2.45, 2.75) is 44.6 Å². The van der Waals surface area contributed by atoms with Gasteiger partial charge < -0.3 is 20.7 Å². The molecule has 1 aliphatic carbocycles. The average molecular weight is 345 g/mol. The summed E-state index contributed by atoms with van der Waals surface area (Å²) in [6, 6.07) is 7.22. The van der Waals surface area contributed by atoms with Crippen molar-refractivity contribution in [3.63, 3.8) is 0 Å². The van der Waals surface area contributed by atoms with Gasteiger partial charge in [0.05, 0.1) is 6.61 Å². The fourth-order valence-electron chi connectivity index (χ4n) is 3.42. The van der Waals surface area contributed by atoms with Crippen LogP contribution in [0.2, 0.25) is 0 Å². The number of anilines is 1. The lowest BCUT2D eigenvalue weighted by atomic mass is 9.90. The van der Waals surface area contributed by atoms with Gasteiger partial charge >= 0.3 is 11.8 Å². The molecule has 0 spiro atoms. The van der Waals surface area contributed by atoms with Gasteiger partial charge in [0.15, 0.2) is 0 Å². The molecule has 136 valence electrons. The Labute approximate surface area is 148 Å². The predicted molar refractivity (Wildman–Crippen MR) is 96.6 cm³/mol. The zero-order chi connectivity index (χ0) is 17.5. The van der Waals surface area contributed by atoms with Crippen LogP contribution in [0.3, 0.4) is 0 Å². The van der Waals surface area contributed by atoms with Crippen molar-refractivity contribution in [2.24, 2.45) is 5.92 Å². The summed E-state index contributed by atoms with van der Waals surface area (Å²) in [4.78, 5) is 23.8. The molecule has 2 fully saturated rings. The highest BCUT2D eigenvalue weighted by Gasteiger charge is 2.21. The molecule has 0 bridgehead atoms. The summed E-state index contributed by atoms with van der Waals surface area (Å²) in [6.45, 7) is 2.34. The zero-order valence-electron chi connectivity index (χ0n) is 14.6. The summed E-state index contributed by atoms with van der Waals surface area (Å²) in [5.41, 5.74) is 0.592. The Morgan fingerprint density at radius 2 is 1.80 bits per heavy atom. The maximum atomic E-state index is 11.9. The fourth-order valence-corrected chi connectivity index (χ4v) is 3.42. The van der Waals surface area contributed by atoms with E-state index >= 15 is 0 Å². The molecule has 3 N–H and O–H groups in total. The highest BCUT2D eigenvalue weighted by Crippen LogP contribution is 2.25. The third kappa shape index (κ3) is 5.46. The predicted octanol–water partition coefficient (Wildman–Crippen LogP) is 2.06. The molecule has 6 heteroatoms. The quantitative estimate of drug-likeness (QED) is 0.714. The number of amides is 2. The first-order valence-corrected chi connectivity index (χ1v) is 9.26. The Kier molecular flexibility index (Phi) is 6.28. The molecule has 1 saturated carbocycles. The third-order valence-corrected chi connectivity index (χ3v) is 4.92. The number of nitrogens with one attached hydrogen (secondary N) is 3. The van der Waals surface area contributed by atoms with Crippen LogP contribution in [0.5, 0.6) is 5.75 Å². The Balaban J connectivity index is 1.43. The summed E-state index contributed by atoms with van der Waals surface area (Å²) in [5, 5.41) is 8.50. The van der Waals surface area contributed by atoms with E-state index in [-0.39, 0.29) is 6.04 Å². The van der Waals surface area contributed by atoms with Gasteiger partial charge in [-0.1, -0.05) is 19.3 Å². The van der Waals surface area contributed by atoms with E-state index in [0.717, 1.165) is 25.3 Å². The molecular formula is C19H27N3O3. The molecule has 2 amide bonds. The van der Waals surface area contributed by atoms with Gasteiger partial charge in [-0.25, -0.2) is 0 Å². The van der Waals surface area contributed by atoms with Gasteiger partial charge in [0, 0.05) is 18.3 Å². The molecule has 1 aromatic carbocycles. The number of carbonyl (C=O) groups is 2. The number of rotatable bonds is 5. The minimum atomic E-state index is -0.636. The second-order valence-corrected chi connectivity index (χ2v) is 6.96. The molecule has 0 radical (unpaired) electrons. The van der Waals surface area contributed by atoms with Crippen LogP contribution in [-0.2, 0) is 9.59 Å². The Morgan fingerprint density at radius 1 is 1.04 bits per heavy atom. The first-order chi connectivity index (χ1) is 12.2. The van der Waals surface area contributed by atoms with Crippen LogP contribution in [0, 0.1) is 5.92 Å². The molecule has 3 rings (SSSR count). The van der Waals surface area contributed by atoms with Gasteiger partial charge in [0.2, 0.25) is 0 Å². The molecule has 1 unspecified atom stereocenters. The van der Waals surface area contributed by atoms with Crippen LogP contribution in [0.1, 0.15) is 38.5 Å². The second kappa shape index (κ2) is 8.85. The largest absolute Gasteiger partial charge is 0.493 e. The Bertz CT molecular complexity index is 576. The smallest absolute Gasteiger partial charge is 0.313 e. The van der Waals surface area contributed by atoms with Gasteiger partial charge in [-0.2, -0.15) is 0 Å². The molecule has 0 aromatic heterocycles. The number of carbonyl (C=O) groups excluding carboxylic acids is 2. The van der Waals surface area contributed by atoms with E-state index in [1.807, 2.05) is 12.1 Å². The van der Waals surface area contributed by atoms with Crippen LogP contribution < -0.4 is 20.7 Å². The number of ether oxygens (including phenoxy) is 1. The van der Waals surface area contributed by atoms with Crippen molar-refractivity contribution in [3.8, 4) is 5.75 Å². The first-order valence-electron chi connectivity index (χ1n) is 9.26. The van der Waals surface area contributed by atoms with Crippen LogP contribution in [-0.4, -0.2) is 37.6 Å². The summed E-state index contributed by atoms with van der Waals surface area (Å²) >= 11 is 0. The topological polar surface area (TPSA) is 79.5 Å². The average Bonchev–Trinajstić information content (AvgIpc) is 3.15. The van der Waals surface area contributed by atoms with Gasteiger partial charge in [-0.05, 0) is 56.0 Å². The van der Waals surface area contributed by atoms with E-state index in [1.165, 1.54) is 32.1 Å². The molecule has 1 atom stereocenters. The van der Waals surface area contributed by atoms with Crippen molar-refractivity contribution in [3.05, 3.63) is 24.3 Å². The molecule has 6 nitrogen and oxygen atoms in total. The van der Waals surface area contributed by atoms with Gasteiger partial charge in [0.25, 0.3) is 0 Å². The maximum absolute atomic E-state index is 11.9. The molecule has 2 aliphatic rings. The van der Waals surface area contributed by atoms with Crippen molar-refractivity contribution in [1.29, 1.82) is 0 Å². The van der Waals surface area contributed by atoms with E-state index in [0.29, 0.717) is 18.2 Å². The third-order valence-electron chi connectivity index (χ3n) is 4.92. The summed E-state index contributed by atoms with van der Waals surface area (Å²) in [5.74, 6) is 0.223. The highest BCUT2D eigenvalue weighted by molar-refractivity contribution is 6.39. The Morgan fingerprint density at radius 3 is 2.48 bits per heavy atom. The molecule has 25 heavy (non-hydrogen) atoms. The van der Waals surface area contributed by atoms with Gasteiger partial charge in [0.1, 0.15) is 5.75 Å². The van der Waals surface area contributed by atoms with Gasteiger partial charge in [-0.15, -0.1) is 0 Å². The van der Waals surface area contributed by atoms with Crippen molar-refractivity contribution in [1.82, 2.24) is 10.6 Å². The SMILES string of the molecule is O=C(Nc1ccc(OCC2CCCCC2)cc1)C(=O)NC1CCNC1. The summed E-state index contributed by atoms with van der Waals surface area (Å²) in [6.07, 6.45) is 7.30. The maximum Gasteiger partial charge on any atom is 0.313 e. The summed E-state index contributed by atoms with van der Waals surface area (Å²) < 4.78 is 5.84. The fraction of sp³-hybridized carbons (Fsp3) is 0.579. The number of benzene rings is 1. The number of hydrogen-bond acceptors (Lipinski definition) is 4. The van der Waals surface area contributed by atoms with Crippen molar-refractivity contribution < 1.29 is 14.3 Å². The van der Waals surface area contributed by atoms with E-state index in [1.54, 1.807) is 12.1 Å². The van der Waals surface area contributed by atoms with Crippen LogP contribution in [0.15, 0.2) is 24.3 Å². The monoisotopic (exact) mass is 345 g/mol. The van der Waals surface area contributed by atoms with E-state index < -0.39 is 11.8 Å². The lowest BCUT2D eigenvalue weighted by Crippen LogP contribution is -2.42. The van der Waals surface area contributed by atoms with E-state index in [4.69, 9.17) is 4.74 Å². The lowest BCUT2D eigenvalue weighted by molar-refractivity contribution is -0.136. The van der Waals surface area contributed by atoms with E-state index in [9.17, 15) is 9.59 Å². The number of hydrogen-bond donors (Lipinski definition) is 3. The molecular weight excluding hydrogens is 318 g/mol. The van der Waals surface area contributed by atoms with Crippen molar-refractivity contribution in [2.75, 3.05) is 25.0 Å². The summed E-state index contributed by atoms with van der Waals surface area (Å²) in [7, 11) is 0. The van der Waals surface area contributed by atoms with Crippen LogP contribution >= 0.6 is 0 Å². The molecule has 1 heterocycles. The molecule has 1 aliphatic heterocycles. The first kappa shape index (κ1) is 17.7. The lowest BCUT2D eigenvalue weighted by Gasteiger charge is -2.21. The highest BCUT2D eigenvalue weighted by atomic mass is 16.5. The zero-order valence-corrected chi connectivity index (χ0v) is 14.6. The minimum Gasteiger partial charge on any atom is -0.493 e. The second-order valence-electron chi connectivity index (χ2n) is 6.96. The van der Waals surface area contributed by atoms with Crippen molar-refractivity contribution >= 4 is 17.5 Å². The molecule has 1 saturated heterocycles. The molecule has 1 aromatic rings. The van der Waals surface area contributed by atoms with E-state index in [2.05, 4.69) is 16.0 Å². The standard InChI is InChI=1S/C19H27N3O3/c23-18(19(24)22-16-10-11-20-12-16)21-15-6-8-17(9-7-15)25-13-14-4-2-1-3-5-14/h6-9,14,16,20H,1-5,10-13H2,(H,21,23)(H,22,24). The normalized spacial score (nSPS) is 20.9. The van der Waals surface area contributed by atoms with Gasteiger partial charge in [-0.3, -0.25) is 9.59 Å². The van der Waals surface area contributed by atoms with Crippen LogP contribution in [0.25, 0.3) is 0 Å². The Hall–Kier alpha value is -2.08.